The van der Waals surface area contributed by atoms with Crippen LogP contribution in [0.2, 0.25) is 15.1 Å². The van der Waals surface area contributed by atoms with Gasteiger partial charge in [0.05, 0.1) is 32.3 Å². The number of nitrogens with zero attached hydrogens (tertiary/aromatic N) is 2. The van der Waals surface area contributed by atoms with Crippen molar-refractivity contribution in [1.29, 1.82) is 0 Å². The van der Waals surface area contributed by atoms with Gasteiger partial charge in [-0.25, -0.2) is 9.97 Å². The third kappa shape index (κ3) is 3.24. The Morgan fingerprint density at radius 2 is 2.00 bits per heavy atom. The Balaban J connectivity index is 1.72. The van der Waals surface area contributed by atoms with Crippen molar-refractivity contribution in [3.8, 4) is 11.3 Å². The molecule has 4 nitrogen and oxygen atoms in total. The van der Waals surface area contributed by atoms with Crippen LogP contribution in [0.25, 0.3) is 22.3 Å². The fraction of sp³-hybridized carbons (Fsp3) is 0.333. The second-order valence-corrected chi connectivity index (χ2v) is 7.67. The lowest BCUT2D eigenvalue weighted by atomic mass is 9.92. The predicted octanol–water partition coefficient (Wildman–Crippen LogP) is 5.44. The van der Waals surface area contributed by atoms with Crippen LogP contribution in [0, 0.1) is 0 Å². The molecule has 0 spiro atoms. The number of benzene rings is 1. The van der Waals surface area contributed by atoms with Gasteiger partial charge in [-0.1, -0.05) is 34.8 Å². The lowest BCUT2D eigenvalue weighted by molar-refractivity contribution is 0.371. The molecule has 1 saturated heterocycles. The first-order valence-corrected chi connectivity index (χ1v) is 9.39. The Kier molecular flexibility index (Phi) is 4.63. The largest absolute Gasteiger partial charge is 0.352 e. The molecule has 1 aliphatic heterocycles. The maximum atomic E-state index is 6.35. The molecular formula is C18H17Cl3N4. The number of aromatic amines is 1. The fourth-order valence-corrected chi connectivity index (χ4v) is 4.01. The molecule has 4 rings (SSSR count). The van der Waals surface area contributed by atoms with Crippen LogP contribution < -0.4 is 5.32 Å². The highest BCUT2D eigenvalue weighted by Gasteiger charge is 2.22. The molecule has 0 bridgehead atoms. The molecule has 0 saturated carbocycles. The maximum absolute atomic E-state index is 6.35. The van der Waals surface area contributed by atoms with E-state index in [1.54, 1.807) is 6.07 Å². The van der Waals surface area contributed by atoms with Gasteiger partial charge in [-0.15, -0.1) is 0 Å². The van der Waals surface area contributed by atoms with E-state index in [4.69, 9.17) is 39.8 Å². The van der Waals surface area contributed by atoms with Gasteiger partial charge in [0.2, 0.25) is 0 Å². The van der Waals surface area contributed by atoms with Crippen molar-refractivity contribution < 1.29 is 0 Å². The van der Waals surface area contributed by atoms with Crippen LogP contribution in [-0.4, -0.2) is 27.5 Å². The third-order valence-corrected chi connectivity index (χ3v) is 6.00. The summed E-state index contributed by atoms with van der Waals surface area (Å²) in [7, 11) is 0. The molecule has 1 aromatic carbocycles. The second-order valence-electron chi connectivity index (χ2n) is 6.51. The number of hydrogen-bond donors (Lipinski definition) is 2. The van der Waals surface area contributed by atoms with E-state index in [0.717, 1.165) is 47.5 Å². The highest BCUT2D eigenvalue weighted by atomic mass is 35.5. The van der Waals surface area contributed by atoms with Crippen molar-refractivity contribution in [2.75, 3.05) is 6.54 Å². The number of halogens is 3. The lowest BCUT2D eigenvalue weighted by Gasteiger charge is -2.26. The van der Waals surface area contributed by atoms with Crippen molar-refractivity contribution in [1.82, 2.24) is 20.3 Å². The monoisotopic (exact) mass is 394 g/mol. The molecule has 3 heterocycles. The topological polar surface area (TPSA) is 53.6 Å². The van der Waals surface area contributed by atoms with Crippen LogP contribution in [0.4, 0.5) is 0 Å². The van der Waals surface area contributed by atoms with Gasteiger partial charge in [-0.3, -0.25) is 0 Å². The first-order valence-electron chi connectivity index (χ1n) is 8.26. The maximum Gasteiger partial charge on any atom is 0.132 e. The summed E-state index contributed by atoms with van der Waals surface area (Å²) < 4.78 is 0. The molecule has 2 aromatic heterocycles. The molecule has 2 unspecified atom stereocenters. The lowest BCUT2D eigenvalue weighted by Crippen LogP contribution is -2.35. The number of H-pyrrole nitrogens is 1. The number of hydrogen-bond acceptors (Lipinski definition) is 3. The van der Waals surface area contributed by atoms with Gasteiger partial charge >= 0.3 is 0 Å². The van der Waals surface area contributed by atoms with Crippen LogP contribution in [0.3, 0.4) is 0 Å². The first-order chi connectivity index (χ1) is 12.0. The van der Waals surface area contributed by atoms with Crippen molar-refractivity contribution in [3.63, 3.8) is 0 Å². The molecule has 25 heavy (non-hydrogen) atoms. The minimum Gasteiger partial charge on any atom is -0.352 e. The average Bonchev–Trinajstić information content (AvgIpc) is 3.02. The minimum absolute atomic E-state index is 0.356. The number of rotatable bonds is 2. The van der Waals surface area contributed by atoms with E-state index in [0.29, 0.717) is 27.0 Å². The van der Waals surface area contributed by atoms with E-state index in [1.165, 1.54) is 0 Å². The van der Waals surface area contributed by atoms with Crippen LogP contribution in [-0.2, 0) is 0 Å². The minimum atomic E-state index is 0.356. The van der Waals surface area contributed by atoms with Gasteiger partial charge in [-0.05, 0) is 44.5 Å². The Labute approximate surface area is 160 Å². The van der Waals surface area contributed by atoms with Crippen molar-refractivity contribution >= 4 is 45.8 Å². The Bertz CT molecular complexity index is 937. The Morgan fingerprint density at radius 3 is 2.80 bits per heavy atom. The second kappa shape index (κ2) is 6.76. The van der Waals surface area contributed by atoms with E-state index >= 15 is 0 Å². The van der Waals surface area contributed by atoms with E-state index in [1.807, 2.05) is 18.3 Å². The number of fused-ring (bicyclic) bond motifs is 1. The Morgan fingerprint density at radius 1 is 1.16 bits per heavy atom. The highest BCUT2D eigenvalue weighted by molar-refractivity contribution is 6.49. The molecule has 2 N–H and O–H groups in total. The third-order valence-electron chi connectivity index (χ3n) is 4.70. The zero-order valence-electron chi connectivity index (χ0n) is 13.6. The summed E-state index contributed by atoms with van der Waals surface area (Å²) in [6, 6.07) is 6.07. The smallest absolute Gasteiger partial charge is 0.132 e. The molecule has 2 atom stereocenters. The van der Waals surface area contributed by atoms with Gasteiger partial charge in [0.25, 0.3) is 0 Å². The highest BCUT2D eigenvalue weighted by Crippen LogP contribution is 2.38. The zero-order chi connectivity index (χ0) is 17.6. The van der Waals surface area contributed by atoms with E-state index in [-0.39, 0.29) is 0 Å². The molecule has 3 aromatic rings. The van der Waals surface area contributed by atoms with Crippen LogP contribution in [0.15, 0.2) is 24.4 Å². The van der Waals surface area contributed by atoms with Gasteiger partial charge in [0.15, 0.2) is 0 Å². The summed E-state index contributed by atoms with van der Waals surface area (Å²) in [5, 5.41) is 4.69. The molecule has 1 aliphatic rings. The fourth-order valence-electron chi connectivity index (χ4n) is 3.38. The Hall–Kier alpha value is -1.33. The van der Waals surface area contributed by atoms with Gasteiger partial charge in [-0.2, -0.15) is 0 Å². The SMILES string of the molecule is CC1CC(c2ncc3[nH]c(-c4ccc(Cl)c(Cl)c4Cl)cc3n2)CCN1. The van der Waals surface area contributed by atoms with E-state index in [2.05, 4.69) is 22.2 Å². The summed E-state index contributed by atoms with van der Waals surface area (Å²) in [6.07, 6.45) is 3.96. The first kappa shape index (κ1) is 17.1. The zero-order valence-corrected chi connectivity index (χ0v) is 15.9. The summed E-state index contributed by atoms with van der Waals surface area (Å²) >= 11 is 18.5. The van der Waals surface area contributed by atoms with Gasteiger partial charge in [0.1, 0.15) is 5.82 Å². The molecule has 0 radical (unpaired) electrons. The van der Waals surface area contributed by atoms with Crippen molar-refractivity contribution in [2.24, 2.45) is 0 Å². The molecule has 0 amide bonds. The summed E-state index contributed by atoms with van der Waals surface area (Å²) in [6.45, 7) is 3.20. The summed E-state index contributed by atoms with van der Waals surface area (Å²) in [5.74, 6) is 1.30. The predicted molar refractivity (Wildman–Crippen MR) is 104 cm³/mol. The molecule has 7 heteroatoms. The van der Waals surface area contributed by atoms with E-state index in [9.17, 15) is 0 Å². The van der Waals surface area contributed by atoms with Crippen LogP contribution >= 0.6 is 34.8 Å². The number of piperidine rings is 1. The standard InChI is InChI=1S/C18H17Cl3N4/c1-9-6-10(4-5-22-9)18-23-8-15-14(25-18)7-13(24-15)11-2-3-12(19)17(21)16(11)20/h2-3,7-10,22,24H,4-6H2,1H3. The normalized spacial score (nSPS) is 21.0. The number of aromatic nitrogens is 3. The molecular weight excluding hydrogens is 379 g/mol. The van der Waals surface area contributed by atoms with Crippen LogP contribution in [0.1, 0.15) is 31.5 Å². The summed E-state index contributed by atoms with van der Waals surface area (Å²) in [5.41, 5.74) is 3.41. The molecule has 130 valence electrons. The molecule has 0 aliphatic carbocycles. The quantitative estimate of drug-likeness (QED) is 0.568. The van der Waals surface area contributed by atoms with Gasteiger partial charge < -0.3 is 10.3 Å². The summed E-state index contributed by atoms with van der Waals surface area (Å²) in [4.78, 5) is 12.7. The van der Waals surface area contributed by atoms with Crippen molar-refractivity contribution in [3.05, 3.63) is 45.3 Å². The number of nitrogens with one attached hydrogen (secondary N) is 2. The van der Waals surface area contributed by atoms with Crippen molar-refractivity contribution in [2.45, 2.75) is 31.7 Å². The van der Waals surface area contributed by atoms with Gasteiger partial charge in [0, 0.05) is 23.2 Å². The van der Waals surface area contributed by atoms with E-state index < -0.39 is 0 Å². The molecule has 1 fully saturated rings. The van der Waals surface area contributed by atoms with Crippen LogP contribution in [0.5, 0.6) is 0 Å². The average molecular weight is 396 g/mol.